The third-order valence-electron chi connectivity index (χ3n) is 6.15. The van der Waals surface area contributed by atoms with Gasteiger partial charge in [0.25, 0.3) is 11.8 Å². The first-order chi connectivity index (χ1) is 18.3. The Morgan fingerprint density at radius 3 is 2.44 bits per heavy atom. The second-order valence-corrected chi connectivity index (χ2v) is 9.23. The highest BCUT2D eigenvalue weighted by atomic mass is 35.5. The molecular formula is C27H33ClN4O7. The number of rotatable bonds is 8. The normalized spacial score (nSPS) is 13.5. The van der Waals surface area contributed by atoms with Crippen LogP contribution in [0.3, 0.4) is 0 Å². The molecule has 39 heavy (non-hydrogen) atoms. The third-order valence-corrected chi connectivity index (χ3v) is 6.15. The largest absolute Gasteiger partial charge is 0.508 e. The van der Waals surface area contributed by atoms with Crippen molar-refractivity contribution < 1.29 is 33.8 Å². The molecule has 0 atom stereocenters. The Labute approximate surface area is 232 Å². The second kappa shape index (κ2) is 13.3. The molecule has 2 aromatic carbocycles. The molecule has 1 aliphatic rings. The number of nitrogens with zero attached hydrogens (tertiary/aromatic N) is 2. The minimum absolute atomic E-state index is 0. The van der Waals surface area contributed by atoms with Crippen LogP contribution >= 0.6 is 12.4 Å². The predicted octanol–water partition coefficient (Wildman–Crippen LogP) is 4.49. The minimum atomic E-state index is -0.784. The summed E-state index contributed by atoms with van der Waals surface area (Å²) >= 11 is 0. The number of ether oxygens (including phenoxy) is 2. The zero-order valence-corrected chi connectivity index (χ0v) is 22.8. The van der Waals surface area contributed by atoms with Crippen molar-refractivity contribution in [3.05, 3.63) is 53.1 Å². The van der Waals surface area contributed by atoms with Crippen molar-refractivity contribution in [3.63, 3.8) is 0 Å². The number of hydrogen-bond acceptors (Lipinski definition) is 9. The van der Waals surface area contributed by atoms with Gasteiger partial charge in [0.05, 0.1) is 18.8 Å². The lowest BCUT2D eigenvalue weighted by Gasteiger charge is -2.26. The van der Waals surface area contributed by atoms with Crippen molar-refractivity contribution in [2.24, 2.45) is 0 Å². The second-order valence-electron chi connectivity index (χ2n) is 9.23. The average molecular weight is 561 g/mol. The number of morpholine rings is 1. The lowest BCUT2D eigenvalue weighted by molar-refractivity contribution is 0.0342. The molecule has 1 saturated heterocycles. The summed E-state index contributed by atoms with van der Waals surface area (Å²) in [6.07, 6.45) is -0.784. The standard InChI is InChI=1S/C27H32N4O7.ClH/c1-4-28-27(35)37-26-23(24(38-30-26)20-13-19(16(2)3)21(32)14-22(20)33)29-25(34)18-7-5-17(6-8-18)15-31-9-11-36-12-10-31;/h5-8,13-14,16,32-33H,4,9-12,15H2,1-3H3,(H,28,35)(H,29,34);1H. The van der Waals surface area contributed by atoms with E-state index in [0.717, 1.165) is 25.2 Å². The third kappa shape index (κ3) is 7.20. The van der Waals surface area contributed by atoms with Gasteiger partial charge in [-0.15, -0.1) is 12.4 Å². The quantitative estimate of drug-likeness (QED) is 0.313. The number of nitrogens with one attached hydrogen (secondary N) is 2. The first kappa shape index (κ1) is 29.8. The highest BCUT2D eigenvalue weighted by Gasteiger charge is 2.27. The zero-order valence-electron chi connectivity index (χ0n) is 22.0. The number of amides is 2. The van der Waals surface area contributed by atoms with E-state index in [1.165, 1.54) is 6.07 Å². The summed E-state index contributed by atoms with van der Waals surface area (Å²) in [5.74, 6) is -1.24. The molecule has 11 nitrogen and oxygen atoms in total. The van der Waals surface area contributed by atoms with Gasteiger partial charge >= 0.3 is 6.09 Å². The number of phenols is 2. The molecule has 1 fully saturated rings. The van der Waals surface area contributed by atoms with Gasteiger partial charge in [-0.3, -0.25) is 9.69 Å². The smallest absolute Gasteiger partial charge is 0.414 e. The van der Waals surface area contributed by atoms with Crippen molar-refractivity contribution in [2.75, 3.05) is 38.2 Å². The van der Waals surface area contributed by atoms with Gasteiger partial charge in [0.15, 0.2) is 11.4 Å². The Hall–Kier alpha value is -3.80. The average Bonchev–Trinajstić information content (AvgIpc) is 3.26. The topological polar surface area (TPSA) is 146 Å². The molecule has 0 unspecified atom stereocenters. The molecule has 0 bridgehead atoms. The van der Waals surface area contributed by atoms with Crippen molar-refractivity contribution >= 4 is 30.1 Å². The predicted molar refractivity (Wildman–Crippen MR) is 147 cm³/mol. The number of phenolic OH excluding ortho intramolecular Hbond substituents is 2. The Morgan fingerprint density at radius 2 is 1.79 bits per heavy atom. The minimum Gasteiger partial charge on any atom is -0.508 e. The van der Waals surface area contributed by atoms with E-state index in [0.29, 0.717) is 30.9 Å². The summed E-state index contributed by atoms with van der Waals surface area (Å²) in [5.41, 5.74) is 2.11. The van der Waals surface area contributed by atoms with E-state index in [-0.39, 0.29) is 52.7 Å². The zero-order chi connectivity index (χ0) is 27.2. The number of halogens is 1. The molecule has 3 aromatic rings. The fourth-order valence-corrected chi connectivity index (χ4v) is 4.11. The van der Waals surface area contributed by atoms with Crippen LogP contribution in [0.2, 0.25) is 0 Å². The Morgan fingerprint density at radius 1 is 1.10 bits per heavy atom. The molecule has 4 N–H and O–H groups in total. The van der Waals surface area contributed by atoms with Gasteiger partial charge in [0.1, 0.15) is 11.5 Å². The molecule has 4 rings (SSSR count). The van der Waals surface area contributed by atoms with Crippen molar-refractivity contribution in [2.45, 2.75) is 33.2 Å². The molecule has 0 radical (unpaired) electrons. The number of carbonyl (C=O) groups excluding carboxylic acids is 2. The Bertz CT molecular complexity index is 1290. The number of hydrogen-bond donors (Lipinski definition) is 4. The molecule has 2 amide bonds. The maximum absolute atomic E-state index is 13.2. The van der Waals surface area contributed by atoms with E-state index < -0.39 is 12.0 Å². The van der Waals surface area contributed by atoms with Crippen LogP contribution in [0.15, 0.2) is 40.9 Å². The molecule has 2 heterocycles. The molecule has 1 aliphatic heterocycles. The molecule has 210 valence electrons. The lowest BCUT2D eigenvalue weighted by atomic mass is 9.97. The van der Waals surface area contributed by atoms with Crippen LogP contribution in [0.25, 0.3) is 11.3 Å². The van der Waals surface area contributed by atoms with Gasteiger partial charge in [-0.2, -0.15) is 0 Å². The molecule has 0 spiro atoms. The van der Waals surface area contributed by atoms with Gasteiger partial charge in [-0.1, -0.05) is 26.0 Å². The summed E-state index contributed by atoms with van der Waals surface area (Å²) in [5, 5.41) is 29.8. The van der Waals surface area contributed by atoms with Crippen LogP contribution in [0, 0.1) is 0 Å². The fraction of sp³-hybridized carbons (Fsp3) is 0.370. The summed E-state index contributed by atoms with van der Waals surface area (Å²) in [4.78, 5) is 27.6. The number of carbonyl (C=O) groups is 2. The van der Waals surface area contributed by atoms with Crippen LogP contribution in [0.1, 0.15) is 48.2 Å². The lowest BCUT2D eigenvalue weighted by Crippen LogP contribution is -2.35. The van der Waals surface area contributed by atoms with Crippen molar-refractivity contribution in [3.8, 4) is 28.7 Å². The monoisotopic (exact) mass is 560 g/mol. The first-order valence-corrected chi connectivity index (χ1v) is 12.5. The van der Waals surface area contributed by atoms with Crippen LogP contribution in [0.5, 0.6) is 17.4 Å². The van der Waals surface area contributed by atoms with Gasteiger partial charge in [-0.25, -0.2) is 4.79 Å². The maximum atomic E-state index is 13.2. The van der Waals surface area contributed by atoms with E-state index in [4.69, 9.17) is 14.0 Å². The number of aromatic nitrogens is 1. The van der Waals surface area contributed by atoms with Gasteiger partial charge in [0.2, 0.25) is 0 Å². The summed E-state index contributed by atoms with van der Waals surface area (Å²) in [6.45, 7) is 9.68. The highest BCUT2D eigenvalue weighted by molar-refractivity contribution is 6.07. The van der Waals surface area contributed by atoms with E-state index in [1.54, 1.807) is 25.1 Å². The van der Waals surface area contributed by atoms with Gasteiger partial charge in [-0.05, 0) is 47.3 Å². The van der Waals surface area contributed by atoms with Crippen LogP contribution in [-0.4, -0.2) is 65.1 Å². The SMILES string of the molecule is CCNC(=O)Oc1noc(-c2cc(C(C)C)c(O)cc2O)c1NC(=O)c1ccc(CN2CCOCC2)cc1.Cl. The summed E-state index contributed by atoms with van der Waals surface area (Å²) < 4.78 is 16.1. The van der Waals surface area contributed by atoms with Crippen LogP contribution < -0.4 is 15.4 Å². The van der Waals surface area contributed by atoms with Gasteiger partial charge < -0.3 is 34.8 Å². The Kier molecular flexibility index (Phi) is 10.2. The molecular weight excluding hydrogens is 528 g/mol. The molecule has 0 aliphatic carbocycles. The first-order valence-electron chi connectivity index (χ1n) is 12.5. The van der Waals surface area contributed by atoms with E-state index in [9.17, 15) is 19.8 Å². The fourth-order valence-electron chi connectivity index (χ4n) is 4.11. The molecule has 12 heteroatoms. The number of aromatic hydroxyl groups is 2. The van der Waals surface area contributed by atoms with E-state index >= 15 is 0 Å². The summed E-state index contributed by atoms with van der Waals surface area (Å²) in [7, 11) is 0. The highest BCUT2D eigenvalue weighted by Crippen LogP contribution is 2.43. The van der Waals surface area contributed by atoms with Crippen molar-refractivity contribution in [1.29, 1.82) is 0 Å². The van der Waals surface area contributed by atoms with Crippen LogP contribution in [0.4, 0.5) is 10.5 Å². The number of benzene rings is 2. The molecule has 1 aromatic heterocycles. The Balaban J connectivity index is 0.00000420. The number of anilines is 1. The van der Waals surface area contributed by atoms with Crippen LogP contribution in [-0.2, 0) is 11.3 Å². The van der Waals surface area contributed by atoms with E-state index in [1.807, 2.05) is 26.0 Å². The van der Waals surface area contributed by atoms with Crippen molar-refractivity contribution in [1.82, 2.24) is 15.4 Å². The summed E-state index contributed by atoms with van der Waals surface area (Å²) in [6, 6.07) is 9.91. The van der Waals surface area contributed by atoms with Gasteiger partial charge in [0, 0.05) is 37.8 Å². The maximum Gasteiger partial charge on any atom is 0.414 e. The van der Waals surface area contributed by atoms with E-state index in [2.05, 4.69) is 20.7 Å². The molecule has 0 saturated carbocycles.